The molecule has 0 spiro atoms. The van der Waals surface area contributed by atoms with Gasteiger partial charge < -0.3 is 14.6 Å². The molecule has 0 heterocycles. The lowest BCUT2D eigenvalue weighted by molar-refractivity contribution is 0.0625. The van der Waals surface area contributed by atoms with Gasteiger partial charge >= 0.3 is 0 Å². The Morgan fingerprint density at radius 1 is 0.957 bits per heavy atom. The van der Waals surface area contributed by atoms with E-state index in [1.165, 1.54) is 0 Å². The average molecular weight is 308 g/mol. The van der Waals surface area contributed by atoms with Crippen LogP contribution in [0, 0.1) is 22.7 Å². The van der Waals surface area contributed by atoms with E-state index in [0.29, 0.717) is 23.5 Å². The Bertz CT molecular complexity index is 714. The summed E-state index contributed by atoms with van der Waals surface area (Å²) in [6.45, 7) is 0.109. The molecular weight excluding hydrogens is 292 g/mol. The summed E-state index contributed by atoms with van der Waals surface area (Å²) in [7, 11) is 0. The quantitative estimate of drug-likeness (QED) is 0.849. The van der Waals surface area contributed by atoms with E-state index in [9.17, 15) is 5.11 Å². The van der Waals surface area contributed by atoms with E-state index in [1.807, 2.05) is 18.2 Å². The van der Waals surface area contributed by atoms with Crippen LogP contribution in [0.15, 0.2) is 48.5 Å². The highest BCUT2D eigenvalue weighted by Crippen LogP contribution is 2.17. The lowest BCUT2D eigenvalue weighted by Gasteiger charge is -2.14. The fraction of sp³-hybridized carbons (Fsp3) is 0.222. The number of aliphatic hydroxyl groups excluding tert-OH is 1. The van der Waals surface area contributed by atoms with Gasteiger partial charge in [-0.2, -0.15) is 10.5 Å². The van der Waals surface area contributed by atoms with Gasteiger partial charge in [0.1, 0.15) is 36.9 Å². The van der Waals surface area contributed by atoms with Crippen LogP contribution in [0.3, 0.4) is 0 Å². The van der Waals surface area contributed by atoms with Gasteiger partial charge in [-0.3, -0.25) is 0 Å². The summed E-state index contributed by atoms with van der Waals surface area (Å²) >= 11 is 0. The third-order valence-electron chi connectivity index (χ3n) is 3.09. The van der Waals surface area contributed by atoms with Gasteiger partial charge in [-0.15, -0.1) is 0 Å². The second kappa shape index (κ2) is 8.43. The zero-order valence-electron chi connectivity index (χ0n) is 12.5. The molecule has 0 aliphatic rings. The number of hydrogen-bond donors (Lipinski definition) is 1. The Kier molecular flexibility index (Phi) is 5.99. The first kappa shape index (κ1) is 16.4. The molecule has 5 nitrogen and oxygen atoms in total. The molecule has 0 saturated carbocycles. The Morgan fingerprint density at radius 3 is 2.35 bits per heavy atom. The third-order valence-corrected chi connectivity index (χ3v) is 3.09. The summed E-state index contributed by atoms with van der Waals surface area (Å²) < 4.78 is 10.9. The molecule has 1 N–H and O–H groups in total. The molecule has 23 heavy (non-hydrogen) atoms. The van der Waals surface area contributed by atoms with Crippen molar-refractivity contribution in [3.63, 3.8) is 0 Å². The fourth-order valence-corrected chi connectivity index (χ4v) is 1.91. The molecule has 0 bridgehead atoms. The molecule has 0 aromatic heterocycles. The predicted molar refractivity (Wildman–Crippen MR) is 83.9 cm³/mol. The third kappa shape index (κ3) is 5.03. The molecule has 2 rings (SSSR count). The van der Waals surface area contributed by atoms with Crippen LogP contribution < -0.4 is 9.47 Å². The number of aliphatic hydroxyl groups is 1. The Balaban J connectivity index is 1.80. The molecule has 2 aromatic rings. The first-order valence-corrected chi connectivity index (χ1v) is 7.11. The standard InChI is InChI=1S/C18H16N2O3/c19-10-9-14-5-7-17(8-6-14)22-12-16(21)13-23-18-4-2-1-3-15(18)11-20/h1-8,16,21H,9,12-13H2. The van der Waals surface area contributed by atoms with Crippen molar-refractivity contribution >= 4 is 0 Å². The van der Waals surface area contributed by atoms with Crippen LogP contribution in [-0.4, -0.2) is 24.4 Å². The molecule has 0 amide bonds. The number of rotatable bonds is 7. The van der Waals surface area contributed by atoms with Gasteiger partial charge in [0.05, 0.1) is 18.1 Å². The zero-order chi connectivity index (χ0) is 16.5. The monoisotopic (exact) mass is 308 g/mol. The summed E-state index contributed by atoms with van der Waals surface area (Å²) in [4.78, 5) is 0. The van der Waals surface area contributed by atoms with E-state index in [1.54, 1.807) is 36.4 Å². The number of benzene rings is 2. The summed E-state index contributed by atoms with van der Waals surface area (Å²) in [6, 6.07) is 18.1. The van der Waals surface area contributed by atoms with Gasteiger partial charge in [-0.05, 0) is 29.8 Å². The molecule has 5 heteroatoms. The van der Waals surface area contributed by atoms with Crippen molar-refractivity contribution in [1.82, 2.24) is 0 Å². The van der Waals surface area contributed by atoms with Crippen LogP contribution in [0.25, 0.3) is 0 Å². The first-order chi connectivity index (χ1) is 11.2. The fourth-order valence-electron chi connectivity index (χ4n) is 1.91. The maximum atomic E-state index is 9.90. The minimum absolute atomic E-state index is 0.0329. The van der Waals surface area contributed by atoms with Crippen molar-refractivity contribution in [2.75, 3.05) is 13.2 Å². The minimum atomic E-state index is -0.819. The zero-order valence-corrected chi connectivity index (χ0v) is 12.5. The Morgan fingerprint density at radius 2 is 1.65 bits per heavy atom. The molecule has 1 unspecified atom stereocenters. The minimum Gasteiger partial charge on any atom is -0.491 e. The number of hydrogen-bond acceptors (Lipinski definition) is 5. The second-order valence-electron chi connectivity index (χ2n) is 4.86. The molecule has 116 valence electrons. The van der Waals surface area contributed by atoms with E-state index in [4.69, 9.17) is 20.0 Å². The van der Waals surface area contributed by atoms with Crippen molar-refractivity contribution in [2.24, 2.45) is 0 Å². The molecule has 0 saturated heterocycles. The highest BCUT2D eigenvalue weighted by molar-refractivity contribution is 5.42. The van der Waals surface area contributed by atoms with E-state index < -0.39 is 6.10 Å². The number of para-hydroxylation sites is 1. The largest absolute Gasteiger partial charge is 0.491 e. The summed E-state index contributed by atoms with van der Waals surface area (Å²) in [5, 5.41) is 27.5. The van der Waals surface area contributed by atoms with E-state index in [2.05, 4.69) is 6.07 Å². The summed E-state index contributed by atoms with van der Waals surface area (Å²) in [5.74, 6) is 1.05. The lowest BCUT2D eigenvalue weighted by atomic mass is 10.2. The predicted octanol–water partition coefficient (Wildman–Crippen LogP) is 2.44. The van der Waals surface area contributed by atoms with E-state index >= 15 is 0 Å². The maximum absolute atomic E-state index is 9.90. The SMILES string of the molecule is N#CCc1ccc(OCC(O)COc2ccccc2C#N)cc1. The van der Waals surface area contributed by atoms with Crippen LogP contribution in [0.4, 0.5) is 0 Å². The Labute approximate surface area is 134 Å². The first-order valence-electron chi connectivity index (χ1n) is 7.11. The van der Waals surface area contributed by atoms with Gasteiger partial charge in [0.15, 0.2) is 0 Å². The Hall–Kier alpha value is -3.02. The highest BCUT2D eigenvalue weighted by Gasteiger charge is 2.09. The molecular formula is C18H16N2O3. The normalized spacial score (nSPS) is 11.1. The molecule has 0 aliphatic heterocycles. The van der Waals surface area contributed by atoms with Gasteiger partial charge in [-0.1, -0.05) is 24.3 Å². The molecule has 2 aromatic carbocycles. The maximum Gasteiger partial charge on any atom is 0.137 e. The molecule has 1 atom stereocenters. The average Bonchev–Trinajstić information content (AvgIpc) is 2.60. The number of nitriles is 2. The molecule has 0 fully saturated rings. The van der Waals surface area contributed by atoms with Crippen LogP contribution >= 0.6 is 0 Å². The van der Waals surface area contributed by atoms with Gasteiger partial charge in [0, 0.05) is 0 Å². The van der Waals surface area contributed by atoms with Gasteiger partial charge in [-0.25, -0.2) is 0 Å². The van der Waals surface area contributed by atoms with Gasteiger partial charge in [0.2, 0.25) is 0 Å². The van der Waals surface area contributed by atoms with Crippen LogP contribution in [0.2, 0.25) is 0 Å². The molecule has 0 radical (unpaired) electrons. The van der Waals surface area contributed by atoms with E-state index in [0.717, 1.165) is 5.56 Å². The van der Waals surface area contributed by atoms with Gasteiger partial charge in [0.25, 0.3) is 0 Å². The summed E-state index contributed by atoms with van der Waals surface area (Å²) in [5.41, 5.74) is 1.34. The topological polar surface area (TPSA) is 86.3 Å². The van der Waals surface area contributed by atoms with Crippen molar-refractivity contribution in [1.29, 1.82) is 10.5 Å². The molecule has 0 aliphatic carbocycles. The van der Waals surface area contributed by atoms with Crippen LogP contribution in [0.5, 0.6) is 11.5 Å². The van der Waals surface area contributed by atoms with Crippen molar-refractivity contribution in [2.45, 2.75) is 12.5 Å². The van der Waals surface area contributed by atoms with Crippen molar-refractivity contribution < 1.29 is 14.6 Å². The summed E-state index contributed by atoms with van der Waals surface area (Å²) in [6.07, 6.45) is -0.463. The van der Waals surface area contributed by atoms with E-state index in [-0.39, 0.29) is 13.2 Å². The second-order valence-corrected chi connectivity index (χ2v) is 4.86. The van der Waals surface area contributed by atoms with Crippen LogP contribution in [-0.2, 0) is 6.42 Å². The lowest BCUT2D eigenvalue weighted by Crippen LogP contribution is -2.25. The smallest absolute Gasteiger partial charge is 0.137 e. The highest BCUT2D eigenvalue weighted by atomic mass is 16.5. The van der Waals surface area contributed by atoms with Crippen molar-refractivity contribution in [3.05, 3.63) is 59.7 Å². The number of ether oxygens (including phenoxy) is 2. The number of nitrogens with zero attached hydrogens (tertiary/aromatic N) is 2. The van der Waals surface area contributed by atoms with Crippen LogP contribution in [0.1, 0.15) is 11.1 Å². The van der Waals surface area contributed by atoms with Crippen molar-refractivity contribution in [3.8, 4) is 23.6 Å².